The lowest BCUT2D eigenvalue weighted by Crippen LogP contribution is -2.30. The summed E-state index contributed by atoms with van der Waals surface area (Å²) in [6, 6.07) is 10.7. The summed E-state index contributed by atoms with van der Waals surface area (Å²) in [6.07, 6.45) is -1.06. The Labute approximate surface area is 141 Å². The number of nitrogens with one attached hydrogen (secondary N) is 1. The van der Waals surface area contributed by atoms with Crippen molar-refractivity contribution < 1.29 is 18.7 Å². The molecule has 1 amide bonds. The van der Waals surface area contributed by atoms with Crippen LogP contribution in [-0.2, 0) is 9.53 Å². The number of hydrogen-bond acceptors (Lipinski definition) is 5. The van der Waals surface area contributed by atoms with E-state index in [2.05, 4.69) is 10.3 Å². The van der Waals surface area contributed by atoms with Crippen LogP contribution in [0.3, 0.4) is 0 Å². The van der Waals surface area contributed by atoms with E-state index in [9.17, 15) is 14.0 Å². The van der Waals surface area contributed by atoms with Gasteiger partial charge < -0.3 is 10.1 Å². The number of anilines is 1. The number of amides is 1. The number of ether oxygens (including phenoxy) is 1. The molecule has 3 aromatic rings. The quantitative estimate of drug-likeness (QED) is 0.734. The molecule has 24 heavy (non-hydrogen) atoms. The zero-order valence-electron chi connectivity index (χ0n) is 12.7. The molecule has 1 atom stereocenters. The molecule has 7 heteroatoms. The van der Waals surface area contributed by atoms with Crippen molar-refractivity contribution in [3.63, 3.8) is 0 Å². The first-order valence-electron chi connectivity index (χ1n) is 7.14. The second-order valence-corrected chi connectivity index (χ2v) is 5.94. The Morgan fingerprint density at radius 3 is 2.83 bits per heavy atom. The van der Waals surface area contributed by atoms with Crippen LogP contribution in [0.15, 0.2) is 48.0 Å². The van der Waals surface area contributed by atoms with Crippen molar-refractivity contribution in [3.8, 4) is 0 Å². The minimum atomic E-state index is -1.06. The van der Waals surface area contributed by atoms with Gasteiger partial charge in [0.2, 0.25) is 0 Å². The fourth-order valence-corrected chi connectivity index (χ4v) is 2.78. The molecule has 5 nitrogen and oxygen atoms in total. The molecule has 0 fully saturated rings. The number of hydrogen-bond donors (Lipinski definition) is 1. The highest BCUT2D eigenvalue weighted by molar-refractivity contribution is 7.16. The summed E-state index contributed by atoms with van der Waals surface area (Å²) in [5.41, 5.74) is 2.85. The lowest BCUT2D eigenvalue weighted by molar-refractivity contribution is -0.123. The van der Waals surface area contributed by atoms with Crippen LogP contribution in [0.1, 0.15) is 17.3 Å². The Hall–Kier alpha value is -2.80. The van der Waals surface area contributed by atoms with E-state index in [1.54, 1.807) is 29.8 Å². The second-order valence-electron chi connectivity index (χ2n) is 5.05. The molecule has 3 rings (SSSR count). The first kappa shape index (κ1) is 16.1. The number of aromatic nitrogens is 1. The van der Waals surface area contributed by atoms with E-state index in [0.29, 0.717) is 5.56 Å². The molecular weight excluding hydrogens is 331 g/mol. The number of benzene rings is 2. The van der Waals surface area contributed by atoms with E-state index in [1.165, 1.54) is 36.5 Å². The van der Waals surface area contributed by atoms with Crippen LogP contribution in [-0.4, -0.2) is 23.0 Å². The second kappa shape index (κ2) is 6.76. The standard InChI is InChI=1S/C17H13FN2O3S/c1-10(16(21)20-13-5-3-2-4-12(13)18)23-17(22)11-6-7-14-15(8-11)24-9-19-14/h2-10H,1H3,(H,20,21)/t10-/m0/s1. The molecule has 0 radical (unpaired) electrons. The molecular formula is C17H13FN2O3S. The summed E-state index contributed by atoms with van der Waals surface area (Å²) >= 11 is 1.41. The number of rotatable bonds is 4. The van der Waals surface area contributed by atoms with Crippen LogP contribution < -0.4 is 5.32 Å². The van der Waals surface area contributed by atoms with Crippen molar-refractivity contribution in [1.82, 2.24) is 4.98 Å². The highest BCUT2D eigenvalue weighted by atomic mass is 32.1. The molecule has 1 N–H and O–H groups in total. The largest absolute Gasteiger partial charge is 0.449 e. The number of fused-ring (bicyclic) bond motifs is 1. The highest BCUT2D eigenvalue weighted by Crippen LogP contribution is 2.20. The van der Waals surface area contributed by atoms with Gasteiger partial charge >= 0.3 is 5.97 Å². The van der Waals surface area contributed by atoms with Crippen LogP contribution in [0, 0.1) is 5.82 Å². The minimum Gasteiger partial charge on any atom is -0.449 e. The van der Waals surface area contributed by atoms with Gasteiger partial charge in [0.25, 0.3) is 5.91 Å². The van der Waals surface area contributed by atoms with Gasteiger partial charge in [0.15, 0.2) is 6.10 Å². The summed E-state index contributed by atoms with van der Waals surface area (Å²) < 4.78 is 19.5. The number of halogens is 1. The lowest BCUT2D eigenvalue weighted by atomic mass is 10.2. The fraction of sp³-hybridized carbons (Fsp3) is 0.118. The number of esters is 1. The van der Waals surface area contributed by atoms with Gasteiger partial charge in [-0.3, -0.25) is 4.79 Å². The zero-order chi connectivity index (χ0) is 17.1. The van der Waals surface area contributed by atoms with Crippen LogP contribution in [0.25, 0.3) is 10.2 Å². The molecule has 0 aliphatic rings. The Kier molecular flexibility index (Phi) is 4.52. The van der Waals surface area contributed by atoms with E-state index in [4.69, 9.17) is 4.74 Å². The van der Waals surface area contributed by atoms with E-state index in [0.717, 1.165) is 10.2 Å². The topological polar surface area (TPSA) is 68.3 Å². The molecule has 0 spiro atoms. The summed E-state index contributed by atoms with van der Waals surface area (Å²) in [7, 11) is 0. The number of carbonyl (C=O) groups is 2. The molecule has 0 bridgehead atoms. The number of thiazole rings is 1. The third-order valence-corrected chi connectivity index (χ3v) is 4.14. The highest BCUT2D eigenvalue weighted by Gasteiger charge is 2.20. The van der Waals surface area contributed by atoms with Crippen LogP contribution >= 0.6 is 11.3 Å². The molecule has 122 valence electrons. The van der Waals surface area contributed by atoms with E-state index in [1.807, 2.05) is 0 Å². The summed E-state index contributed by atoms with van der Waals surface area (Å²) in [5.74, 6) is -1.78. The van der Waals surface area contributed by atoms with Gasteiger partial charge in [-0.25, -0.2) is 14.2 Å². The van der Waals surface area contributed by atoms with Crippen molar-refractivity contribution in [2.24, 2.45) is 0 Å². The predicted octanol–water partition coefficient (Wildman–Crippen LogP) is 3.62. The third-order valence-electron chi connectivity index (χ3n) is 3.35. The summed E-state index contributed by atoms with van der Waals surface area (Å²) in [4.78, 5) is 28.3. The molecule has 1 heterocycles. The SMILES string of the molecule is C[C@H](OC(=O)c1ccc2ncsc2c1)C(=O)Nc1ccccc1F. The van der Waals surface area contributed by atoms with Gasteiger partial charge in [0, 0.05) is 0 Å². The monoisotopic (exact) mass is 344 g/mol. The third kappa shape index (κ3) is 3.41. The lowest BCUT2D eigenvalue weighted by Gasteiger charge is -2.14. The Morgan fingerprint density at radius 1 is 1.25 bits per heavy atom. The molecule has 0 saturated heterocycles. The molecule has 0 saturated carbocycles. The first-order chi connectivity index (χ1) is 11.5. The van der Waals surface area contributed by atoms with Gasteiger partial charge in [-0.1, -0.05) is 12.1 Å². The van der Waals surface area contributed by atoms with Gasteiger partial charge in [0.05, 0.1) is 27.0 Å². The number of para-hydroxylation sites is 1. The van der Waals surface area contributed by atoms with E-state index in [-0.39, 0.29) is 5.69 Å². The van der Waals surface area contributed by atoms with Crippen LogP contribution in [0.5, 0.6) is 0 Å². The zero-order valence-corrected chi connectivity index (χ0v) is 13.5. The van der Waals surface area contributed by atoms with Crippen LogP contribution in [0.2, 0.25) is 0 Å². The molecule has 0 aliphatic heterocycles. The van der Waals surface area contributed by atoms with E-state index >= 15 is 0 Å². The van der Waals surface area contributed by atoms with Crippen molar-refractivity contribution in [2.75, 3.05) is 5.32 Å². The summed E-state index contributed by atoms with van der Waals surface area (Å²) in [6.45, 7) is 1.43. The van der Waals surface area contributed by atoms with E-state index < -0.39 is 23.8 Å². The average molecular weight is 344 g/mol. The Morgan fingerprint density at radius 2 is 2.04 bits per heavy atom. The predicted molar refractivity (Wildman–Crippen MR) is 89.5 cm³/mol. The van der Waals surface area contributed by atoms with Crippen LogP contribution in [0.4, 0.5) is 10.1 Å². The van der Waals surface area contributed by atoms with Crippen molar-refractivity contribution in [2.45, 2.75) is 13.0 Å². The Bertz CT molecular complexity index is 909. The maximum atomic E-state index is 13.5. The molecule has 0 unspecified atom stereocenters. The average Bonchev–Trinajstić information content (AvgIpc) is 3.04. The number of carbonyl (C=O) groups excluding carboxylic acids is 2. The molecule has 1 aromatic heterocycles. The van der Waals surface area contributed by atoms with Crippen molar-refractivity contribution in [3.05, 3.63) is 59.4 Å². The van der Waals surface area contributed by atoms with Crippen molar-refractivity contribution in [1.29, 1.82) is 0 Å². The fourth-order valence-electron chi connectivity index (χ4n) is 2.06. The van der Waals surface area contributed by atoms with Gasteiger partial charge in [-0.2, -0.15) is 0 Å². The van der Waals surface area contributed by atoms with Gasteiger partial charge in [0.1, 0.15) is 5.82 Å². The molecule has 0 aliphatic carbocycles. The first-order valence-corrected chi connectivity index (χ1v) is 8.02. The van der Waals surface area contributed by atoms with Gasteiger partial charge in [-0.05, 0) is 37.3 Å². The maximum absolute atomic E-state index is 13.5. The smallest absolute Gasteiger partial charge is 0.338 e. The normalized spacial score (nSPS) is 11.9. The molecule has 2 aromatic carbocycles. The maximum Gasteiger partial charge on any atom is 0.338 e. The number of nitrogens with zero attached hydrogens (tertiary/aromatic N) is 1. The summed E-state index contributed by atoms with van der Waals surface area (Å²) in [5, 5.41) is 2.39. The van der Waals surface area contributed by atoms with Gasteiger partial charge in [-0.15, -0.1) is 11.3 Å². The Balaban J connectivity index is 1.67. The minimum absolute atomic E-state index is 0.0384. The van der Waals surface area contributed by atoms with Crippen molar-refractivity contribution >= 4 is 39.1 Å².